The van der Waals surface area contributed by atoms with Gasteiger partial charge in [-0.3, -0.25) is 9.88 Å². The molecule has 3 rings (SSSR count). The van der Waals surface area contributed by atoms with E-state index < -0.39 is 0 Å². The predicted molar refractivity (Wildman–Crippen MR) is 84.1 cm³/mol. The van der Waals surface area contributed by atoms with Crippen molar-refractivity contribution in [2.75, 3.05) is 19.7 Å². The number of nitrogens with zero attached hydrogens (tertiary/aromatic N) is 3. The minimum atomic E-state index is 0.0276. The highest BCUT2D eigenvalue weighted by Crippen LogP contribution is 2.24. The number of morpholine rings is 1. The summed E-state index contributed by atoms with van der Waals surface area (Å²) in [6.45, 7) is 5.41. The van der Waals surface area contributed by atoms with E-state index in [1.807, 2.05) is 36.7 Å². The smallest absolute Gasteiger partial charge is 0.0991 e. The average Bonchev–Trinajstić information content (AvgIpc) is 2.55. The highest BCUT2D eigenvalue weighted by Gasteiger charge is 2.22. The van der Waals surface area contributed by atoms with Crippen LogP contribution >= 0.6 is 0 Å². The van der Waals surface area contributed by atoms with Gasteiger partial charge in [0.25, 0.3) is 0 Å². The Morgan fingerprint density at radius 3 is 3.09 bits per heavy atom. The molecule has 1 atom stereocenters. The molecule has 4 nitrogen and oxygen atoms in total. The molecule has 1 saturated heterocycles. The molecular weight excluding hydrogens is 274 g/mol. The molecule has 112 valence electrons. The van der Waals surface area contributed by atoms with Crippen molar-refractivity contribution in [2.45, 2.75) is 19.6 Å². The quantitative estimate of drug-likeness (QED) is 0.873. The zero-order chi connectivity index (χ0) is 15.4. The Bertz CT molecular complexity index is 693. The summed E-state index contributed by atoms with van der Waals surface area (Å²) in [7, 11) is 0. The Labute approximate surface area is 131 Å². The van der Waals surface area contributed by atoms with Crippen molar-refractivity contribution >= 4 is 0 Å². The molecule has 0 unspecified atom stereocenters. The maximum atomic E-state index is 9.03. The molecule has 1 fully saturated rings. The highest BCUT2D eigenvalue weighted by molar-refractivity contribution is 5.34. The largest absolute Gasteiger partial charge is 0.371 e. The minimum absolute atomic E-state index is 0.0276. The molecule has 1 aliphatic heterocycles. The molecule has 0 bridgehead atoms. The van der Waals surface area contributed by atoms with Crippen LogP contribution in [-0.4, -0.2) is 29.6 Å². The molecule has 4 heteroatoms. The van der Waals surface area contributed by atoms with Gasteiger partial charge in [-0.2, -0.15) is 5.26 Å². The van der Waals surface area contributed by atoms with Crippen LogP contribution in [0.1, 0.15) is 28.4 Å². The van der Waals surface area contributed by atoms with Gasteiger partial charge in [0, 0.05) is 32.0 Å². The number of rotatable bonds is 3. The molecule has 0 amide bonds. The van der Waals surface area contributed by atoms with Gasteiger partial charge in [0.1, 0.15) is 0 Å². The van der Waals surface area contributed by atoms with E-state index in [2.05, 4.69) is 28.9 Å². The lowest BCUT2D eigenvalue weighted by molar-refractivity contribution is -0.0329. The monoisotopic (exact) mass is 293 g/mol. The molecule has 0 radical (unpaired) electrons. The third-order valence-corrected chi connectivity index (χ3v) is 3.88. The third-order valence-electron chi connectivity index (χ3n) is 3.88. The van der Waals surface area contributed by atoms with Crippen LogP contribution in [0, 0.1) is 18.3 Å². The van der Waals surface area contributed by atoms with E-state index in [-0.39, 0.29) is 6.10 Å². The fourth-order valence-electron chi connectivity index (χ4n) is 2.82. The second-order valence-electron chi connectivity index (χ2n) is 5.70. The summed E-state index contributed by atoms with van der Waals surface area (Å²) in [5.41, 5.74) is 4.17. The van der Waals surface area contributed by atoms with E-state index in [0.29, 0.717) is 12.2 Å². The first-order chi connectivity index (χ1) is 10.7. The van der Waals surface area contributed by atoms with Crippen molar-refractivity contribution in [3.05, 3.63) is 65.0 Å². The van der Waals surface area contributed by atoms with Gasteiger partial charge in [-0.15, -0.1) is 0 Å². The van der Waals surface area contributed by atoms with Gasteiger partial charge in [0.15, 0.2) is 0 Å². The summed E-state index contributed by atoms with van der Waals surface area (Å²) in [5.74, 6) is 0. The van der Waals surface area contributed by atoms with E-state index in [1.54, 1.807) is 0 Å². The predicted octanol–water partition coefficient (Wildman–Crippen LogP) is 2.84. The van der Waals surface area contributed by atoms with Gasteiger partial charge in [0.2, 0.25) is 0 Å². The standard InChI is InChI=1S/C18H19N3O/c1-14-7-16(11-20-10-14)12-21-5-6-22-18(13-21)17-4-2-3-15(8-17)9-19/h2-4,7-8,10-11,18H,5-6,12-13H2,1H3/t18-/m0/s1. The number of benzene rings is 1. The van der Waals surface area contributed by atoms with Crippen LogP contribution in [0.3, 0.4) is 0 Å². The number of ether oxygens (including phenoxy) is 1. The average molecular weight is 293 g/mol. The van der Waals surface area contributed by atoms with E-state index in [9.17, 15) is 0 Å². The normalized spacial score (nSPS) is 18.8. The summed E-state index contributed by atoms with van der Waals surface area (Å²) >= 11 is 0. The summed E-state index contributed by atoms with van der Waals surface area (Å²) in [6.07, 6.45) is 3.83. The fraction of sp³-hybridized carbons (Fsp3) is 0.333. The molecule has 1 aromatic heterocycles. The van der Waals surface area contributed by atoms with Crippen LogP contribution < -0.4 is 0 Å². The van der Waals surface area contributed by atoms with Crippen LogP contribution in [0.15, 0.2) is 42.7 Å². The topological polar surface area (TPSA) is 49.2 Å². The Morgan fingerprint density at radius 1 is 1.36 bits per heavy atom. The Balaban J connectivity index is 1.70. The molecular formula is C18H19N3O. The van der Waals surface area contributed by atoms with Gasteiger partial charge < -0.3 is 4.74 Å². The van der Waals surface area contributed by atoms with Gasteiger partial charge in [-0.05, 0) is 35.7 Å². The number of nitriles is 1. The minimum Gasteiger partial charge on any atom is -0.371 e. The van der Waals surface area contributed by atoms with Crippen molar-refractivity contribution in [1.82, 2.24) is 9.88 Å². The summed E-state index contributed by atoms with van der Waals surface area (Å²) in [6, 6.07) is 12.0. The molecule has 22 heavy (non-hydrogen) atoms. The maximum Gasteiger partial charge on any atom is 0.0991 e. The molecule has 1 aliphatic rings. The van der Waals surface area contributed by atoms with E-state index >= 15 is 0 Å². The Morgan fingerprint density at radius 2 is 2.27 bits per heavy atom. The molecule has 2 heterocycles. The maximum absolute atomic E-state index is 9.03. The second kappa shape index (κ2) is 6.69. The summed E-state index contributed by atoms with van der Waals surface area (Å²) in [5, 5.41) is 9.03. The fourth-order valence-corrected chi connectivity index (χ4v) is 2.82. The lowest BCUT2D eigenvalue weighted by Gasteiger charge is -2.33. The number of pyridine rings is 1. The first-order valence-corrected chi connectivity index (χ1v) is 7.49. The summed E-state index contributed by atoms with van der Waals surface area (Å²) < 4.78 is 5.89. The second-order valence-corrected chi connectivity index (χ2v) is 5.70. The molecule has 1 aromatic carbocycles. The molecule has 2 aromatic rings. The first-order valence-electron chi connectivity index (χ1n) is 7.49. The Kier molecular flexibility index (Phi) is 4.47. The van der Waals surface area contributed by atoms with Crippen molar-refractivity contribution in [1.29, 1.82) is 5.26 Å². The third kappa shape index (κ3) is 3.51. The molecule has 0 spiro atoms. The number of hydrogen-bond donors (Lipinski definition) is 0. The number of hydrogen-bond acceptors (Lipinski definition) is 4. The lowest BCUT2D eigenvalue weighted by atomic mass is 10.0. The SMILES string of the molecule is Cc1cncc(CN2CCO[C@H](c3cccc(C#N)c3)C2)c1. The van der Waals surface area contributed by atoms with Crippen molar-refractivity contribution in [3.8, 4) is 6.07 Å². The lowest BCUT2D eigenvalue weighted by Crippen LogP contribution is -2.37. The van der Waals surface area contributed by atoms with Gasteiger partial charge >= 0.3 is 0 Å². The zero-order valence-corrected chi connectivity index (χ0v) is 12.7. The van der Waals surface area contributed by atoms with Crippen LogP contribution in [0.5, 0.6) is 0 Å². The van der Waals surface area contributed by atoms with Crippen LogP contribution in [0.4, 0.5) is 0 Å². The molecule has 0 N–H and O–H groups in total. The molecule has 0 saturated carbocycles. The zero-order valence-electron chi connectivity index (χ0n) is 12.7. The summed E-state index contributed by atoms with van der Waals surface area (Å²) in [4.78, 5) is 6.63. The van der Waals surface area contributed by atoms with Crippen LogP contribution in [0.25, 0.3) is 0 Å². The number of aromatic nitrogens is 1. The van der Waals surface area contributed by atoms with Crippen molar-refractivity contribution in [2.24, 2.45) is 0 Å². The van der Waals surface area contributed by atoms with Crippen LogP contribution in [0.2, 0.25) is 0 Å². The van der Waals surface area contributed by atoms with E-state index in [1.165, 1.54) is 11.1 Å². The van der Waals surface area contributed by atoms with Gasteiger partial charge in [-0.25, -0.2) is 0 Å². The van der Waals surface area contributed by atoms with E-state index in [0.717, 1.165) is 25.2 Å². The van der Waals surface area contributed by atoms with Gasteiger partial charge in [0.05, 0.1) is 24.3 Å². The Hall–Kier alpha value is -2.22. The van der Waals surface area contributed by atoms with Crippen LogP contribution in [-0.2, 0) is 11.3 Å². The van der Waals surface area contributed by atoms with Gasteiger partial charge in [-0.1, -0.05) is 18.2 Å². The van der Waals surface area contributed by atoms with Crippen molar-refractivity contribution < 1.29 is 4.74 Å². The number of aryl methyl sites for hydroxylation is 1. The first kappa shape index (κ1) is 14.7. The highest BCUT2D eigenvalue weighted by atomic mass is 16.5. The van der Waals surface area contributed by atoms with E-state index in [4.69, 9.17) is 10.00 Å². The van der Waals surface area contributed by atoms with Crippen molar-refractivity contribution in [3.63, 3.8) is 0 Å². The molecule has 0 aliphatic carbocycles.